The van der Waals surface area contributed by atoms with Crippen LogP contribution >= 0.6 is 0 Å². The summed E-state index contributed by atoms with van der Waals surface area (Å²) >= 11 is 0. The average Bonchev–Trinajstić information content (AvgIpc) is 3.40. The summed E-state index contributed by atoms with van der Waals surface area (Å²) in [6.07, 6.45) is 13.2. The minimum absolute atomic E-state index is 0.0679. The first-order valence-electron chi connectivity index (χ1n) is 14.9. The Hall–Kier alpha value is -2.63. The van der Waals surface area contributed by atoms with Gasteiger partial charge in [-0.05, 0) is 73.9 Å². The van der Waals surface area contributed by atoms with Crippen molar-refractivity contribution >= 4 is 5.91 Å². The van der Waals surface area contributed by atoms with Gasteiger partial charge in [-0.3, -0.25) is 14.6 Å². The highest BCUT2D eigenvalue weighted by Crippen LogP contribution is 2.72. The zero-order valence-electron chi connectivity index (χ0n) is 22.6. The maximum absolute atomic E-state index is 13.0. The summed E-state index contributed by atoms with van der Waals surface area (Å²) in [4.78, 5) is 18.6. The quantitative estimate of drug-likeness (QED) is 0.461. The summed E-state index contributed by atoms with van der Waals surface area (Å²) in [6, 6.07) is 20.3. The van der Waals surface area contributed by atoms with Crippen molar-refractivity contribution in [3.05, 3.63) is 77.9 Å². The number of nitrogens with one attached hydrogen (secondary N) is 1. The van der Waals surface area contributed by atoms with Crippen molar-refractivity contribution in [2.24, 2.45) is 5.41 Å². The highest BCUT2D eigenvalue weighted by atomic mass is 16.5. The van der Waals surface area contributed by atoms with Gasteiger partial charge in [-0.15, -0.1) is 6.58 Å². The summed E-state index contributed by atoms with van der Waals surface area (Å²) in [5, 5.41) is 3.28. The van der Waals surface area contributed by atoms with Crippen molar-refractivity contribution in [2.45, 2.75) is 94.0 Å². The molecule has 5 aliphatic rings. The Labute approximate surface area is 227 Å². The predicted molar refractivity (Wildman–Crippen MR) is 150 cm³/mol. The van der Waals surface area contributed by atoms with Gasteiger partial charge in [-0.2, -0.15) is 0 Å². The van der Waals surface area contributed by atoms with E-state index < -0.39 is 0 Å². The van der Waals surface area contributed by atoms with Gasteiger partial charge in [0.15, 0.2) is 0 Å². The monoisotopic (exact) mass is 511 g/mol. The predicted octanol–water partition coefficient (Wildman–Crippen LogP) is 5.71. The minimum Gasteiger partial charge on any atom is -0.497 e. The third-order valence-corrected chi connectivity index (χ3v) is 10.7. The van der Waals surface area contributed by atoms with Crippen LogP contribution in [-0.2, 0) is 0 Å². The van der Waals surface area contributed by atoms with Gasteiger partial charge in [0.1, 0.15) is 5.75 Å². The van der Waals surface area contributed by atoms with Gasteiger partial charge < -0.3 is 10.1 Å². The standard InChI is InChI=1S/C33H41N3O2/c1-3-20-35-27-16-18-29-33(27)28(35)17-19-30(33)36(29)31(24-8-7-11-26(21-24)38-2)22-12-14-23(15-13-22)32(37)34-25-9-5-4-6-10-25/h3,7-8,11-15,21,25,27-31H,1,4-6,9-10,16-20H2,2H3,(H,34,37). The van der Waals surface area contributed by atoms with E-state index in [0.717, 1.165) is 42.8 Å². The lowest BCUT2D eigenvalue weighted by Gasteiger charge is -2.72. The maximum Gasteiger partial charge on any atom is 0.251 e. The van der Waals surface area contributed by atoms with Crippen molar-refractivity contribution in [1.29, 1.82) is 0 Å². The van der Waals surface area contributed by atoms with Crippen LogP contribution in [0.5, 0.6) is 5.75 Å². The van der Waals surface area contributed by atoms with Gasteiger partial charge in [0.2, 0.25) is 0 Å². The first-order chi connectivity index (χ1) is 18.7. The number of rotatable bonds is 8. The number of carbonyl (C=O) groups is 1. The van der Waals surface area contributed by atoms with Crippen molar-refractivity contribution in [3.8, 4) is 5.75 Å². The molecule has 5 fully saturated rings. The number of hydrogen-bond donors (Lipinski definition) is 1. The van der Waals surface area contributed by atoms with Crippen LogP contribution in [0.2, 0.25) is 0 Å². The number of likely N-dealkylation sites (tertiary alicyclic amines) is 2. The lowest BCUT2D eigenvalue weighted by Crippen LogP contribution is -2.83. The van der Waals surface area contributed by atoms with Crippen LogP contribution in [0.1, 0.15) is 85.3 Å². The highest BCUT2D eigenvalue weighted by molar-refractivity contribution is 5.94. The van der Waals surface area contributed by atoms with Crippen LogP contribution < -0.4 is 10.1 Å². The summed E-state index contributed by atoms with van der Waals surface area (Å²) < 4.78 is 5.64. The van der Waals surface area contributed by atoms with Gasteiger partial charge in [-0.25, -0.2) is 0 Å². The van der Waals surface area contributed by atoms with Crippen molar-refractivity contribution in [2.75, 3.05) is 13.7 Å². The molecule has 5 nitrogen and oxygen atoms in total. The van der Waals surface area contributed by atoms with Gasteiger partial charge in [0.25, 0.3) is 5.91 Å². The van der Waals surface area contributed by atoms with E-state index in [0.29, 0.717) is 23.5 Å². The van der Waals surface area contributed by atoms with Crippen LogP contribution in [0.4, 0.5) is 0 Å². The van der Waals surface area contributed by atoms with Crippen LogP contribution in [0.15, 0.2) is 61.2 Å². The molecule has 200 valence electrons. The molecule has 1 amide bonds. The topological polar surface area (TPSA) is 44.8 Å². The Morgan fingerprint density at radius 1 is 0.974 bits per heavy atom. The zero-order chi connectivity index (χ0) is 25.9. The lowest BCUT2D eigenvalue weighted by atomic mass is 9.56. The summed E-state index contributed by atoms with van der Waals surface area (Å²) in [7, 11) is 1.75. The third kappa shape index (κ3) is 3.47. The Morgan fingerprint density at radius 3 is 2.32 bits per heavy atom. The molecule has 5 unspecified atom stereocenters. The smallest absolute Gasteiger partial charge is 0.251 e. The molecule has 2 aliphatic heterocycles. The van der Waals surface area contributed by atoms with E-state index in [-0.39, 0.29) is 11.9 Å². The highest BCUT2D eigenvalue weighted by Gasteiger charge is 2.80. The number of ether oxygens (including phenoxy) is 1. The van der Waals surface area contributed by atoms with E-state index in [9.17, 15) is 4.79 Å². The first-order valence-corrected chi connectivity index (χ1v) is 14.9. The van der Waals surface area contributed by atoms with E-state index in [2.05, 4.69) is 58.1 Å². The molecule has 7 rings (SSSR count). The molecule has 2 saturated heterocycles. The number of methoxy groups -OCH3 is 1. The second kappa shape index (κ2) is 9.53. The third-order valence-electron chi connectivity index (χ3n) is 10.7. The molecule has 38 heavy (non-hydrogen) atoms. The summed E-state index contributed by atoms with van der Waals surface area (Å²) in [6.45, 7) is 5.07. The van der Waals surface area contributed by atoms with Crippen molar-refractivity contribution < 1.29 is 9.53 Å². The van der Waals surface area contributed by atoms with Crippen LogP contribution in [0, 0.1) is 5.41 Å². The summed E-state index contributed by atoms with van der Waals surface area (Å²) in [5.74, 6) is 0.971. The van der Waals surface area contributed by atoms with Gasteiger partial charge >= 0.3 is 0 Å². The number of nitrogens with zero attached hydrogens (tertiary/aromatic N) is 2. The van der Waals surface area contributed by atoms with E-state index in [1.807, 2.05) is 18.2 Å². The number of amides is 1. The Morgan fingerprint density at radius 2 is 1.66 bits per heavy atom. The number of hydrogen-bond acceptors (Lipinski definition) is 4. The zero-order valence-corrected chi connectivity index (χ0v) is 22.6. The molecule has 0 bridgehead atoms. The van der Waals surface area contributed by atoms with Crippen LogP contribution in [-0.4, -0.2) is 59.6 Å². The minimum atomic E-state index is 0.0679. The SMILES string of the molecule is C=CCN1C2CCC3N(C(c4ccc(C(=O)NC5CCCCC5)cc4)c4cccc(OC)c4)C4CCC1C234. The molecule has 3 aliphatic carbocycles. The maximum atomic E-state index is 13.0. The van der Waals surface area contributed by atoms with Crippen molar-refractivity contribution in [1.82, 2.24) is 15.1 Å². The average molecular weight is 512 g/mol. The molecule has 5 heteroatoms. The van der Waals surface area contributed by atoms with E-state index >= 15 is 0 Å². The molecule has 0 radical (unpaired) electrons. The van der Waals surface area contributed by atoms with E-state index in [1.54, 1.807) is 7.11 Å². The van der Waals surface area contributed by atoms with Gasteiger partial charge in [-0.1, -0.05) is 49.6 Å². The molecule has 1 spiro atoms. The molecule has 3 saturated carbocycles. The molecular weight excluding hydrogens is 470 g/mol. The molecule has 2 aromatic carbocycles. The second-order valence-electron chi connectivity index (χ2n) is 12.3. The fourth-order valence-electron chi connectivity index (χ4n) is 9.40. The molecule has 2 aromatic rings. The second-order valence-corrected chi connectivity index (χ2v) is 12.3. The first kappa shape index (κ1) is 24.4. The number of carbonyl (C=O) groups excluding carboxylic acids is 1. The lowest BCUT2D eigenvalue weighted by molar-refractivity contribution is -0.235. The van der Waals surface area contributed by atoms with E-state index in [4.69, 9.17) is 4.74 Å². The van der Waals surface area contributed by atoms with E-state index in [1.165, 1.54) is 56.1 Å². The normalized spacial score (nSPS) is 33.0. The van der Waals surface area contributed by atoms with Crippen LogP contribution in [0.25, 0.3) is 0 Å². The van der Waals surface area contributed by atoms with Gasteiger partial charge in [0, 0.05) is 47.7 Å². The number of benzene rings is 2. The van der Waals surface area contributed by atoms with Crippen LogP contribution in [0.3, 0.4) is 0 Å². The molecular formula is C33H41N3O2. The molecule has 5 atom stereocenters. The van der Waals surface area contributed by atoms with Gasteiger partial charge in [0.05, 0.1) is 13.2 Å². The Balaban J connectivity index is 1.19. The molecule has 2 heterocycles. The largest absolute Gasteiger partial charge is 0.497 e. The Kier molecular flexibility index (Phi) is 6.12. The fourth-order valence-corrected chi connectivity index (χ4v) is 9.40. The summed E-state index contributed by atoms with van der Waals surface area (Å²) in [5.41, 5.74) is 3.80. The van der Waals surface area contributed by atoms with Crippen molar-refractivity contribution in [3.63, 3.8) is 0 Å². The molecule has 0 aromatic heterocycles. The Bertz CT molecular complexity index is 1180. The molecule has 1 N–H and O–H groups in total. The fraction of sp³-hybridized carbons (Fsp3) is 0.545.